The molecule has 0 saturated carbocycles. The standard InChI is InChI=1S/C22H30O6S/c1-4-26-29(27-5-2,28-6-3)16-10-15-25-19-13-14-20(21(23)17-19)22(24)18-11-8-7-9-12-18/h7-9,11-14,17,23H,4-6,10,15-16H2,1-3H3. The van der Waals surface area contributed by atoms with Crippen LogP contribution in [0.4, 0.5) is 0 Å². The van der Waals surface area contributed by atoms with E-state index in [1.54, 1.807) is 36.4 Å². The number of hydrogen-bond acceptors (Lipinski definition) is 6. The molecule has 2 rings (SSSR count). The maximum atomic E-state index is 12.5. The molecule has 0 fully saturated rings. The van der Waals surface area contributed by atoms with Crippen LogP contribution in [-0.4, -0.2) is 43.1 Å². The lowest BCUT2D eigenvalue weighted by Gasteiger charge is -2.36. The molecule has 0 aliphatic rings. The number of aromatic hydroxyl groups is 1. The highest BCUT2D eigenvalue weighted by atomic mass is 32.3. The van der Waals surface area contributed by atoms with E-state index in [4.69, 9.17) is 17.3 Å². The first-order valence-corrected chi connectivity index (χ1v) is 11.4. The van der Waals surface area contributed by atoms with Gasteiger partial charge in [-0.3, -0.25) is 17.3 Å². The van der Waals surface area contributed by atoms with Gasteiger partial charge in [-0.05, 0) is 39.3 Å². The summed E-state index contributed by atoms with van der Waals surface area (Å²) >= 11 is 0. The van der Waals surface area contributed by atoms with Crippen molar-refractivity contribution in [3.63, 3.8) is 0 Å². The van der Waals surface area contributed by atoms with Crippen molar-refractivity contribution in [2.24, 2.45) is 0 Å². The predicted octanol–water partition coefficient (Wildman–Crippen LogP) is 5.05. The second kappa shape index (κ2) is 11.8. The number of carbonyl (C=O) groups is 1. The van der Waals surface area contributed by atoms with E-state index in [1.165, 1.54) is 6.07 Å². The highest BCUT2D eigenvalue weighted by Crippen LogP contribution is 2.51. The SMILES string of the molecule is CCOS(CCCOc1ccc(C(=O)c2ccccc2)c(O)c1)(OCC)OCC. The Morgan fingerprint density at radius 1 is 0.931 bits per heavy atom. The van der Waals surface area contributed by atoms with Gasteiger partial charge in [0.25, 0.3) is 0 Å². The van der Waals surface area contributed by atoms with Crippen LogP contribution in [0.25, 0.3) is 0 Å². The first-order chi connectivity index (χ1) is 14.0. The number of hydrogen-bond donors (Lipinski definition) is 1. The van der Waals surface area contributed by atoms with Crippen LogP contribution in [-0.2, 0) is 12.5 Å². The Hall–Kier alpha value is -2.06. The molecule has 160 valence electrons. The minimum Gasteiger partial charge on any atom is -0.507 e. The molecule has 0 aliphatic heterocycles. The number of benzene rings is 2. The number of carbonyl (C=O) groups excluding carboxylic acids is 1. The van der Waals surface area contributed by atoms with Crippen molar-refractivity contribution in [3.05, 3.63) is 59.7 Å². The largest absolute Gasteiger partial charge is 0.507 e. The molecule has 2 aromatic rings. The molecule has 1 N–H and O–H groups in total. The van der Waals surface area contributed by atoms with Gasteiger partial charge in [-0.25, -0.2) is 0 Å². The van der Waals surface area contributed by atoms with Crippen LogP contribution in [0, 0.1) is 0 Å². The molecule has 7 heteroatoms. The minimum absolute atomic E-state index is 0.103. The van der Waals surface area contributed by atoms with Crippen molar-refractivity contribution in [2.75, 3.05) is 32.2 Å². The summed E-state index contributed by atoms with van der Waals surface area (Å²) in [4.78, 5) is 12.5. The fourth-order valence-electron chi connectivity index (χ4n) is 2.78. The van der Waals surface area contributed by atoms with E-state index in [0.717, 1.165) is 0 Å². The maximum Gasteiger partial charge on any atom is 0.196 e. The van der Waals surface area contributed by atoms with Crippen molar-refractivity contribution in [3.8, 4) is 11.5 Å². The third-order valence-electron chi connectivity index (χ3n) is 3.95. The van der Waals surface area contributed by atoms with Gasteiger partial charge in [0.15, 0.2) is 5.78 Å². The number of ether oxygens (including phenoxy) is 1. The summed E-state index contributed by atoms with van der Waals surface area (Å²) in [6, 6.07) is 13.6. The van der Waals surface area contributed by atoms with Gasteiger partial charge >= 0.3 is 0 Å². The molecule has 0 aliphatic carbocycles. The van der Waals surface area contributed by atoms with Crippen LogP contribution in [0.3, 0.4) is 0 Å². The third-order valence-corrected chi connectivity index (χ3v) is 6.52. The Bertz CT molecular complexity index is 748. The summed E-state index contributed by atoms with van der Waals surface area (Å²) < 4.78 is 23.0. The first-order valence-electron chi connectivity index (χ1n) is 9.85. The van der Waals surface area contributed by atoms with E-state index in [9.17, 15) is 9.90 Å². The Kier molecular flexibility index (Phi) is 9.47. The average Bonchev–Trinajstić information content (AvgIpc) is 2.72. The molecule has 29 heavy (non-hydrogen) atoms. The molecule has 0 saturated heterocycles. The topological polar surface area (TPSA) is 74.2 Å². The van der Waals surface area contributed by atoms with Gasteiger partial charge in [0.1, 0.15) is 11.5 Å². The maximum absolute atomic E-state index is 12.5. The Labute approximate surface area is 174 Å². The lowest BCUT2D eigenvalue weighted by Crippen LogP contribution is -2.18. The Balaban J connectivity index is 1.94. The number of phenols is 1. The summed E-state index contributed by atoms with van der Waals surface area (Å²) in [5, 5.41) is 10.3. The number of phenolic OH excluding ortho intramolecular Hbond substituents is 1. The zero-order chi connectivity index (χ0) is 21.1. The van der Waals surface area contributed by atoms with E-state index in [-0.39, 0.29) is 17.1 Å². The van der Waals surface area contributed by atoms with Gasteiger partial charge in [-0.1, -0.05) is 30.3 Å². The van der Waals surface area contributed by atoms with Crippen molar-refractivity contribution >= 4 is 16.7 Å². The molecule has 0 atom stereocenters. The fraction of sp³-hybridized carbons (Fsp3) is 0.409. The van der Waals surface area contributed by atoms with Crippen LogP contribution in [0.15, 0.2) is 48.5 Å². The van der Waals surface area contributed by atoms with Gasteiger partial charge < -0.3 is 9.84 Å². The smallest absolute Gasteiger partial charge is 0.196 e. The zero-order valence-corrected chi connectivity index (χ0v) is 18.1. The molecule has 2 aromatic carbocycles. The van der Waals surface area contributed by atoms with Gasteiger partial charge in [-0.2, -0.15) is 0 Å². The van der Waals surface area contributed by atoms with Crippen LogP contribution < -0.4 is 4.74 Å². The second-order valence-electron chi connectivity index (χ2n) is 6.06. The Morgan fingerprint density at radius 3 is 2.10 bits per heavy atom. The molecule has 0 aromatic heterocycles. The molecule has 0 amide bonds. The quantitative estimate of drug-likeness (QED) is 0.360. The highest BCUT2D eigenvalue weighted by molar-refractivity contribution is 8.21. The molecule has 0 heterocycles. The summed E-state index contributed by atoms with van der Waals surface area (Å²) in [5.74, 6) is 0.762. The lowest BCUT2D eigenvalue weighted by molar-refractivity contribution is 0.103. The molecular formula is C22H30O6S. The molecule has 0 unspecified atom stereocenters. The van der Waals surface area contributed by atoms with Gasteiger partial charge in [0, 0.05) is 17.4 Å². The minimum atomic E-state index is -2.03. The fourth-order valence-corrected chi connectivity index (χ4v) is 4.89. The first kappa shape index (κ1) is 23.2. The average molecular weight is 423 g/mol. The van der Waals surface area contributed by atoms with E-state index < -0.39 is 10.9 Å². The van der Waals surface area contributed by atoms with Gasteiger partial charge in [0.2, 0.25) is 0 Å². The highest BCUT2D eigenvalue weighted by Gasteiger charge is 2.25. The molecule has 6 nitrogen and oxygen atoms in total. The summed E-state index contributed by atoms with van der Waals surface area (Å²) in [5.41, 5.74) is 0.773. The van der Waals surface area contributed by atoms with Gasteiger partial charge in [0.05, 0.1) is 42.9 Å². The van der Waals surface area contributed by atoms with E-state index in [1.807, 2.05) is 26.8 Å². The van der Waals surface area contributed by atoms with Crippen molar-refractivity contribution in [1.82, 2.24) is 0 Å². The summed E-state index contributed by atoms with van der Waals surface area (Å²) in [6.07, 6.45) is 0.667. The molecular weight excluding hydrogens is 392 g/mol. The van der Waals surface area contributed by atoms with E-state index in [2.05, 4.69) is 0 Å². The normalized spacial score (nSPS) is 12.0. The lowest BCUT2D eigenvalue weighted by atomic mass is 10.0. The number of ketones is 1. The monoisotopic (exact) mass is 422 g/mol. The van der Waals surface area contributed by atoms with Crippen LogP contribution >= 0.6 is 10.9 Å². The molecule has 0 radical (unpaired) electrons. The van der Waals surface area contributed by atoms with Crippen LogP contribution in [0.5, 0.6) is 11.5 Å². The van der Waals surface area contributed by atoms with Crippen molar-refractivity contribution in [1.29, 1.82) is 0 Å². The third kappa shape index (κ3) is 6.75. The van der Waals surface area contributed by atoms with Crippen LogP contribution in [0.1, 0.15) is 43.1 Å². The van der Waals surface area contributed by atoms with Crippen molar-refractivity contribution in [2.45, 2.75) is 27.2 Å². The predicted molar refractivity (Wildman–Crippen MR) is 115 cm³/mol. The Morgan fingerprint density at radius 2 is 1.55 bits per heavy atom. The summed E-state index contributed by atoms with van der Waals surface area (Å²) in [6.45, 7) is 7.70. The summed E-state index contributed by atoms with van der Waals surface area (Å²) in [7, 11) is -2.03. The number of rotatable bonds is 13. The second-order valence-corrected chi connectivity index (χ2v) is 8.29. The molecule has 0 spiro atoms. The molecule has 0 bridgehead atoms. The van der Waals surface area contributed by atoms with Crippen LogP contribution in [0.2, 0.25) is 0 Å². The zero-order valence-electron chi connectivity index (χ0n) is 17.3. The van der Waals surface area contributed by atoms with Crippen molar-refractivity contribution < 1.29 is 27.2 Å². The van der Waals surface area contributed by atoms with E-state index in [0.29, 0.717) is 49.9 Å². The van der Waals surface area contributed by atoms with Gasteiger partial charge in [-0.15, -0.1) is 0 Å². The van der Waals surface area contributed by atoms with E-state index >= 15 is 0 Å².